The first-order chi connectivity index (χ1) is 13.8. The lowest BCUT2D eigenvalue weighted by Gasteiger charge is -2.33. The third-order valence-electron chi connectivity index (χ3n) is 5.63. The third kappa shape index (κ3) is 5.44. The Morgan fingerprint density at radius 3 is 2.72 bits per heavy atom. The number of ether oxygens (including phenoxy) is 1. The summed E-state index contributed by atoms with van der Waals surface area (Å²) in [4.78, 5) is 42.9. The van der Waals surface area contributed by atoms with Gasteiger partial charge in [-0.2, -0.15) is 0 Å². The normalized spacial score (nSPS) is 19.1. The quantitative estimate of drug-likeness (QED) is 0.614. The van der Waals surface area contributed by atoms with Crippen molar-refractivity contribution in [2.45, 2.75) is 51.6 Å². The second-order valence-electron chi connectivity index (χ2n) is 7.73. The van der Waals surface area contributed by atoms with E-state index >= 15 is 0 Å². The molecule has 1 amide bonds. The number of carbonyl (C=O) groups excluding carboxylic acids is 2. The summed E-state index contributed by atoms with van der Waals surface area (Å²) < 4.78 is 7.30. The average Bonchev–Trinajstić information content (AvgIpc) is 2.72. The molecule has 1 aliphatic carbocycles. The Balaban J connectivity index is 1.50. The Bertz CT molecular complexity index is 951. The summed E-state index contributed by atoms with van der Waals surface area (Å²) in [5.74, 6) is 0.0132. The van der Waals surface area contributed by atoms with Crippen molar-refractivity contribution in [2.24, 2.45) is 5.92 Å². The average molecular weight is 464 g/mol. The zero-order chi connectivity index (χ0) is 21.0. The number of amides is 1. The van der Waals surface area contributed by atoms with Gasteiger partial charge in [0.25, 0.3) is 11.5 Å². The van der Waals surface area contributed by atoms with Crippen LogP contribution in [0.4, 0.5) is 0 Å². The van der Waals surface area contributed by atoms with Crippen LogP contribution < -0.4 is 5.56 Å². The molecule has 1 aromatic carbocycles. The molecule has 1 aromatic heterocycles. The first kappa shape index (κ1) is 21.5. The van der Waals surface area contributed by atoms with E-state index in [9.17, 15) is 14.4 Å². The number of aryl methyl sites for hydroxylation is 1. The Hall–Kier alpha value is -2.22. The topological polar surface area (TPSA) is 81.5 Å². The molecule has 1 saturated carbocycles. The minimum absolute atomic E-state index is 0.000958. The summed E-state index contributed by atoms with van der Waals surface area (Å²) in [7, 11) is 1.77. The zero-order valence-electron chi connectivity index (χ0n) is 16.8. The zero-order valence-corrected chi connectivity index (χ0v) is 18.4. The first-order valence-electron chi connectivity index (χ1n) is 9.91. The van der Waals surface area contributed by atoms with Crippen molar-refractivity contribution < 1.29 is 14.3 Å². The van der Waals surface area contributed by atoms with Gasteiger partial charge in [-0.05, 0) is 49.8 Å². The number of benzene rings is 1. The molecule has 0 radical (unpaired) electrons. The minimum Gasteiger partial charge on any atom is -0.456 e. The van der Waals surface area contributed by atoms with Crippen LogP contribution in [0, 0.1) is 5.92 Å². The van der Waals surface area contributed by atoms with Crippen LogP contribution in [0.1, 0.15) is 39.0 Å². The molecule has 7 nitrogen and oxygen atoms in total. The van der Waals surface area contributed by atoms with Gasteiger partial charge >= 0.3 is 5.97 Å². The van der Waals surface area contributed by atoms with E-state index in [4.69, 9.17) is 4.74 Å². The van der Waals surface area contributed by atoms with Crippen LogP contribution in [0.3, 0.4) is 0 Å². The summed E-state index contributed by atoms with van der Waals surface area (Å²) in [5, 5.41) is 0.480. The number of halogens is 1. The second-order valence-corrected chi connectivity index (χ2v) is 8.65. The van der Waals surface area contributed by atoms with Gasteiger partial charge in [-0.3, -0.25) is 19.0 Å². The largest absolute Gasteiger partial charge is 0.456 e. The standard InChI is InChI=1S/C21H26BrN3O4/c1-14-3-6-16(7-4-14)24(2)19(26)12-29-20(27)9-10-25-13-23-18-8-5-15(22)11-17(18)21(25)28/h5,8,11,13-14,16H,3-4,6-7,9-10,12H2,1-2H3. The fourth-order valence-electron chi connectivity index (χ4n) is 3.65. The fourth-order valence-corrected chi connectivity index (χ4v) is 4.01. The number of hydrogen-bond acceptors (Lipinski definition) is 5. The van der Waals surface area contributed by atoms with E-state index in [1.54, 1.807) is 24.1 Å². The molecule has 0 N–H and O–H groups in total. The van der Waals surface area contributed by atoms with Crippen LogP contribution in [0.2, 0.25) is 0 Å². The predicted molar refractivity (Wildman–Crippen MR) is 113 cm³/mol. The first-order valence-corrected chi connectivity index (χ1v) is 10.7. The fraction of sp³-hybridized carbons (Fsp3) is 0.524. The number of aromatic nitrogens is 2. The van der Waals surface area contributed by atoms with Gasteiger partial charge < -0.3 is 9.64 Å². The number of likely N-dealkylation sites (N-methyl/N-ethyl adjacent to an activating group) is 1. The van der Waals surface area contributed by atoms with Crippen LogP contribution >= 0.6 is 15.9 Å². The van der Waals surface area contributed by atoms with Gasteiger partial charge in [0.05, 0.1) is 23.7 Å². The molecule has 0 aliphatic heterocycles. The van der Waals surface area contributed by atoms with Gasteiger partial charge in [-0.25, -0.2) is 4.98 Å². The molecule has 1 fully saturated rings. The number of rotatable bonds is 6. The molecular weight excluding hydrogens is 438 g/mol. The van der Waals surface area contributed by atoms with Crippen LogP contribution in [-0.2, 0) is 20.9 Å². The highest BCUT2D eigenvalue weighted by Gasteiger charge is 2.25. The molecule has 29 heavy (non-hydrogen) atoms. The molecule has 0 atom stereocenters. The highest BCUT2D eigenvalue weighted by atomic mass is 79.9. The summed E-state index contributed by atoms with van der Waals surface area (Å²) in [5.41, 5.74) is 0.384. The Morgan fingerprint density at radius 2 is 2.00 bits per heavy atom. The highest BCUT2D eigenvalue weighted by Crippen LogP contribution is 2.26. The lowest BCUT2D eigenvalue weighted by molar-refractivity contribution is -0.152. The van der Waals surface area contributed by atoms with Gasteiger partial charge in [0.15, 0.2) is 6.61 Å². The Kier molecular flexibility index (Phi) is 7.05. The maximum atomic E-state index is 12.5. The molecule has 0 bridgehead atoms. The monoisotopic (exact) mass is 463 g/mol. The molecule has 0 spiro atoms. The molecule has 8 heteroatoms. The minimum atomic E-state index is -0.509. The van der Waals surface area contributed by atoms with E-state index < -0.39 is 5.97 Å². The van der Waals surface area contributed by atoms with Gasteiger partial charge in [-0.1, -0.05) is 22.9 Å². The predicted octanol–water partition coefficient (Wildman–Crippen LogP) is 3.13. The Morgan fingerprint density at radius 1 is 1.28 bits per heavy atom. The summed E-state index contributed by atoms with van der Waals surface area (Å²) in [6.07, 6.45) is 5.64. The molecule has 0 unspecified atom stereocenters. The van der Waals surface area contributed by atoms with E-state index in [-0.39, 0.29) is 37.1 Å². The molecule has 156 valence electrons. The van der Waals surface area contributed by atoms with E-state index in [2.05, 4.69) is 27.8 Å². The van der Waals surface area contributed by atoms with E-state index in [1.807, 2.05) is 6.07 Å². The van der Waals surface area contributed by atoms with Crippen LogP contribution in [0.5, 0.6) is 0 Å². The highest BCUT2D eigenvalue weighted by molar-refractivity contribution is 9.10. The second kappa shape index (κ2) is 9.52. The number of nitrogens with zero attached hydrogens (tertiary/aromatic N) is 3. The lowest BCUT2D eigenvalue weighted by Crippen LogP contribution is -2.41. The van der Waals surface area contributed by atoms with Crippen molar-refractivity contribution in [1.82, 2.24) is 14.5 Å². The molecule has 2 aromatic rings. The van der Waals surface area contributed by atoms with Crippen molar-refractivity contribution in [2.75, 3.05) is 13.7 Å². The Labute approximate surface area is 178 Å². The molecule has 3 rings (SSSR count). The molecular formula is C21H26BrN3O4. The summed E-state index contributed by atoms with van der Waals surface area (Å²) in [6, 6.07) is 5.51. The number of hydrogen-bond donors (Lipinski definition) is 0. The van der Waals surface area contributed by atoms with Gasteiger partial charge in [0.2, 0.25) is 0 Å². The molecule has 0 saturated heterocycles. The van der Waals surface area contributed by atoms with Crippen LogP contribution in [-0.4, -0.2) is 46.0 Å². The van der Waals surface area contributed by atoms with E-state index in [1.165, 1.54) is 10.9 Å². The lowest BCUT2D eigenvalue weighted by atomic mass is 9.87. The molecule has 1 aliphatic rings. The number of fused-ring (bicyclic) bond motifs is 1. The van der Waals surface area contributed by atoms with Gasteiger partial charge in [0.1, 0.15) is 0 Å². The van der Waals surface area contributed by atoms with Crippen LogP contribution in [0.15, 0.2) is 33.8 Å². The SMILES string of the molecule is CC1CCC(N(C)C(=O)COC(=O)CCn2cnc3ccc(Br)cc3c2=O)CC1. The third-order valence-corrected chi connectivity index (χ3v) is 6.12. The van der Waals surface area contributed by atoms with Gasteiger partial charge in [-0.15, -0.1) is 0 Å². The number of carbonyl (C=O) groups is 2. The maximum absolute atomic E-state index is 12.5. The summed E-state index contributed by atoms with van der Waals surface area (Å²) in [6.45, 7) is 2.12. The smallest absolute Gasteiger partial charge is 0.308 e. The maximum Gasteiger partial charge on any atom is 0.308 e. The van der Waals surface area contributed by atoms with Crippen molar-refractivity contribution in [1.29, 1.82) is 0 Å². The van der Waals surface area contributed by atoms with Crippen molar-refractivity contribution >= 4 is 38.7 Å². The van der Waals surface area contributed by atoms with Crippen molar-refractivity contribution in [3.8, 4) is 0 Å². The van der Waals surface area contributed by atoms with E-state index in [0.29, 0.717) is 16.8 Å². The van der Waals surface area contributed by atoms with Crippen LogP contribution in [0.25, 0.3) is 10.9 Å². The number of esters is 1. The summed E-state index contributed by atoms with van der Waals surface area (Å²) >= 11 is 3.34. The molecule has 1 heterocycles. The van der Waals surface area contributed by atoms with Crippen molar-refractivity contribution in [3.63, 3.8) is 0 Å². The van der Waals surface area contributed by atoms with Gasteiger partial charge in [0, 0.05) is 24.1 Å². The van der Waals surface area contributed by atoms with E-state index in [0.717, 1.165) is 30.2 Å². The van der Waals surface area contributed by atoms with Crippen molar-refractivity contribution in [3.05, 3.63) is 39.4 Å².